The van der Waals surface area contributed by atoms with Gasteiger partial charge >= 0.3 is 11.9 Å². The topological polar surface area (TPSA) is 111 Å². The second kappa shape index (κ2) is 34.5. The summed E-state index contributed by atoms with van der Waals surface area (Å²) in [6.45, 7) is 3.99. The number of phosphoric ester groups is 1. The molecule has 0 aromatic rings. The fraction of sp³-hybridized carbons (Fsp3) is 0.714. The van der Waals surface area contributed by atoms with Gasteiger partial charge in [-0.25, -0.2) is 0 Å². The minimum absolute atomic E-state index is 0.0422. The minimum Gasteiger partial charge on any atom is -0.756 e. The lowest BCUT2D eigenvalue weighted by molar-refractivity contribution is -0.870. The molecule has 0 aliphatic rings. The summed E-state index contributed by atoms with van der Waals surface area (Å²) in [7, 11) is 1.12. The van der Waals surface area contributed by atoms with Crippen molar-refractivity contribution in [3.63, 3.8) is 0 Å². The van der Waals surface area contributed by atoms with Crippen LogP contribution < -0.4 is 4.89 Å². The molecule has 0 aliphatic carbocycles. The molecule has 0 bridgehead atoms. The van der Waals surface area contributed by atoms with Gasteiger partial charge in [0.2, 0.25) is 0 Å². The number of esters is 2. The van der Waals surface area contributed by atoms with E-state index in [-0.39, 0.29) is 26.1 Å². The molecule has 2 atom stereocenters. The maximum absolute atomic E-state index is 12.6. The average molecular weight is 752 g/mol. The monoisotopic (exact) mass is 752 g/mol. The first kappa shape index (κ1) is 49.7. The lowest BCUT2D eigenvalue weighted by Crippen LogP contribution is -2.37. The van der Waals surface area contributed by atoms with Crippen LogP contribution in [0.1, 0.15) is 142 Å². The van der Waals surface area contributed by atoms with Gasteiger partial charge in [-0.1, -0.05) is 132 Å². The highest BCUT2D eigenvalue weighted by Gasteiger charge is 2.21. The summed E-state index contributed by atoms with van der Waals surface area (Å²) in [5.41, 5.74) is 0. The fourth-order valence-corrected chi connectivity index (χ4v) is 5.68. The molecule has 9 nitrogen and oxygen atoms in total. The zero-order chi connectivity index (χ0) is 38.6. The number of rotatable bonds is 35. The molecule has 0 heterocycles. The summed E-state index contributed by atoms with van der Waals surface area (Å²) < 4.78 is 33.7. The molecule has 0 aromatic heterocycles. The number of likely N-dealkylation sites (N-methyl/N-ethyl adjacent to an activating group) is 1. The number of nitrogens with zero attached hydrogens (tertiary/aromatic N) is 1. The van der Waals surface area contributed by atoms with Crippen molar-refractivity contribution in [3.8, 4) is 0 Å². The maximum atomic E-state index is 12.6. The standard InChI is InChI=1S/C42H74NO8P/c1-6-8-10-12-14-16-18-20-21-23-24-26-28-30-32-34-41(44)48-38-40(39-50-52(46,47)49-37-36-43(3,4)5)51-42(45)35-33-31-29-27-25-22-19-17-15-13-11-9-7-2/h9,11,13,15-19,22,25,40H,6-8,10,12,14,20-21,23-24,26-39H2,1-5H3/b11-9+,15-13+,18-16+,19-17+,25-22+. The molecule has 0 rings (SSSR count). The molecular weight excluding hydrogens is 677 g/mol. The van der Waals surface area contributed by atoms with Crippen LogP contribution in [0.25, 0.3) is 0 Å². The Labute approximate surface area is 317 Å². The Morgan fingerprint density at radius 2 is 1.12 bits per heavy atom. The van der Waals surface area contributed by atoms with E-state index in [0.29, 0.717) is 17.4 Å². The van der Waals surface area contributed by atoms with Crippen LogP contribution in [-0.2, 0) is 32.7 Å². The van der Waals surface area contributed by atoms with Crippen LogP contribution in [0.15, 0.2) is 60.8 Å². The lowest BCUT2D eigenvalue weighted by atomic mass is 10.1. The summed E-state index contributed by atoms with van der Waals surface area (Å²) in [6, 6.07) is 0. The first-order valence-electron chi connectivity index (χ1n) is 20.0. The molecule has 10 heteroatoms. The van der Waals surface area contributed by atoms with E-state index in [0.717, 1.165) is 57.8 Å². The Morgan fingerprint density at radius 1 is 0.615 bits per heavy atom. The third-order valence-corrected chi connectivity index (χ3v) is 9.08. The number of ether oxygens (including phenoxy) is 2. The zero-order valence-electron chi connectivity index (χ0n) is 33.5. The number of allylic oxidation sites excluding steroid dienone is 10. The van der Waals surface area contributed by atoms with Crippen molar-refractivity contribution in [2.24, 2.45) is 0 Å². The number of phosphoric acid groups is 1. The molecule has 0 fully saturated rings. The van der Waals surface area contributed by atoms with Crippen molar-refractivity contribution in [2.45, 2.75) is 148 Å². The summed E-state index contributed by atoms with van der Waals surface area (Å²) in [6.07, 6.45) is 39.6. The van der Waals surface area contributed by atoms with Crippen LogP contribution in [-0.4, -0.2) is 70.0 Å². The summed E-state index contributed by atoms with van der Waals surface area (Å²) in [4.78, 5) is 37.4. The van der Waals surface area contributed by atoms with Gasteiger partial charge in [0.15, 0.2) is 6.10 Å². The third kappa shape index (κ3) is 37.5. The second-order valence-corrected chi connectivity index (χ2v) is 15.8. The highest BCUT2D eigenvalue weighted by molar-refractivity contribution is 7.45. The van der Waals surface area contributed by atoms with Crippen LogP contribution in [0.3, 0.4) is 0 Å². The van der Waals surface area contributed by atoms with Crippen LogP contribution in [0.2, 0.25) is 0 Å². The normalized spacial score (nSPS) is 14.3. The van der Waals surface area contributed by atoms with E-state index in [2.05, 4.69) is 38.2 Å². The minimum atomic E-state index is -4.63. The number of carbonyl (C=O) groups is 2. The van der Waals surface area contributed by atoms with Gasteiger partial charge in [-0.3, -0.25) is 14.2 Å². The molecule has 0 saturated heterocycles. The molecule has 0 N–H and O–H groups in total. The first-order chi connectivity index (χ1) is 25.0. The van der Waals surface area contributed by atoms with Crippen LogP contribution in [0.5, 0.6) is 0 Å². The van der Waals surface area contributed by atoms with Gasteiger partial charge in [-0.15, -0.1) is 0 Å². The van der Waals surface area contributed by atoms with Gasteiger partial charge in [0.05, 0.1) is 27.7 Å². The van der Waals surface area contributed by atoms with E-state index < -0.39 is 32.5 Å². The molecule has 2 unspecified atom stereocenters. The van der Waals surface area contributed by atoms with Crippen LogP contribution in [0, 0.1) is 0 Å². The van der Waals surface area contributed by atoms with Crippen LogP contribution >= 0.6 is 7.82 Å². The third-order valence-electron chi connectivity index (χ3n) is 8.12. The molecular formula is C42H74NO8P. The van der Waals surface area contributed by atoms with Crippen molar-refractivity contribution in [3.05, 3.63) is 60.8 Å². The fourth-order valence-electron chi connectivity index (χ4n) is 4.95. The molecule has 0 aromatic carbocycles. The van der Waals surface area contributed by atoms with E-state index in [1.54, 1.807) is 0 Å². The number of hydrogen-bond donors (Lipinski definition) is 0. The predicted molar refractivity (Wildman–Crippen MR) is 213 cm³/mol. The molecule has 300 valence electrons. The Kier molecular flexibility index (Phi) is 33.0. The van der Waals surface area contributed by atoms with Crippen molar-refractivity contribution >= 4 is 19.8 Å². The van der Waals surface area contributed by atoms with E-state index in [4.69, 9.17) is 18.5 Å². The smallest absolute Gasteiger partial charge is 0.306 e. The maximum Gasteiger partial charge on any atom is 0.306 e. The van der Waals surface area contributed by atoms with Gasteiger partial charge in [0.25, 0.3) is 7.82 Å². The Hall–Kier alpha value is -2.29. The first-order valence-corrected chi connectivity index (χ1v) is 21.5. The van der Waals surface area contributed by atoms with Crippen molar-refractivity contribution in [1.29, 1.82) is 0 Å². The Bertz CT molecular complexity index is 1080. The molecule has 0 radical (unpaired) electrons. The van der Waals surface area contributed by atoms with Crippen molar-refractivity contribution in [2.75, 3.05) is 47.5 Å². The van der Waals surface area contributed by atoms with Gasteiger partial charge in [-0.2, -0.15) is 0 Å². The molecule has 52 heavy (non-hydrogen) atoms. The van der Waals surface area contributed by atoms with E-state index in [9.17, 15) is 19.0 Å². The Balaban J connectivity index is 4.48. The Morgan fingerprint density at radius 3 is 1.71 bits per heavy atom. The number of carbonyl (C=O) groups excluding carboxylic acids is 2. The average Bonchev–Trinajstić information content (AvgIpc) is 3.09. The SMILES string of the molecule is CC/C=C/C=C/C=C/C=C/CCCCCC(=O)OC(COC(=O)CCCCCCCCC/C=C/CCCCCC)COP(=O)([O-])OCC[N+](C)(C)C. The van der Waals surface area contributed by atoms with Gasteiger partial charge in [-0.05, 0) is 57.8 Å². The van der Waals surface area contributed by atoms with Crippen molar-refractivity contribution < 1.29 is 42.1 Å². The predicted octanol–water partition coefficient (Wildman–Crippen LogP) is 10.3. The molecule has 0 saturated carbocycles. The number of hydrogen-bond acceptors (Lipinski definition) is 8. The van der Waals surface area contributed by atoms with Gasteiger partial charge in [0.1, 0.15) is 19.8 Å². The summed E-state index contributed by atoms with van der Waals surface area (Å²) in [5, 5.41) is 0. The van der Waals surface area contributed by atoms with E-state index >= 15 is 0 Å². The quantitative estimate of drug-likeness (QED) is 0.0157. The molecule has 0 amide bonds. The highest BCUT2D eigenvalue weighted by Crippen LogP contribution is 2.38. The van der Waals surface area contributed by atoms with Gasteiger partial charge < -0.3 is 27.9 Å². The van der Waals surface area contributed by atoms with E-state index in [1.807, 2.05) is 57.6 Å². The van der Waals surface area contributed by atoms with Crippen molar-refractivity contribution in [1.82, 2.24) is 0 Å². The zero-order valence-corrected chi connectivity index (χ0v) is 34.4. The lowest BCUT2D eigenvalue weighted by Gasteiger charge is -2.28. The largest absolute Gasteiger partial charge is 0.756 e. The summed E-state index contributed by atoms with van der Waals surface area (Å²) in [5.74, 6) is -0.892. The molecule has 0 spiro atoms. The van der Waals surface area contributed by atoms with Crippen LogP contribution in [0.4, 0.5) is 0 Å². The number of quaternary nitrogens is 1. The number of unbranched alkanes of at least 4 members (excludes halogenated alkanes) is 14. The molecule has 0 aliphatic heterocycles. The summed E-state index contributed by atoms with van der Waals surface area (Å²) >= 11 is 0. The van der Waals surface area contributed by atoms with Gasteiger partial charge in [0, 0.05) is 12.8 Å². The van der Waals surface area contributed by atoms with E-state index in [1.165, 1.54) is 51.4 Å². The highest BCUT2D eigenvalue weighted by atomic mass is 31.2. The second-order valence-electron chi connectivity index (χ2n) is 14.4.